The van der Waals surface area contributed by atoms with E-state index < -0.39 is 47.7 Å². The highest BCUT2D eigenvalue weighted by Gasteiger charge is 2.73. The number of carbonyl (C=O) groups is 4. The van der Waals surface area contributed by atoms with Gasteiger partial charge in [-0.25, -0.2) is 0 Å². The van der Waals surface area contributed by atoms with Crippen LogP contribution in [0.4, 0.5) is 0 Å². The van der Waals surface area contributed by atoms with E-state index in [9.17, 15) is 24.3 Å². The molecule has 250 valence electrons. The van der Waals surface area contributed by atoms with E-state index in [2.05, 4.69) is 6.92 Å². The van der Waals surface area contributed by atoms with Gasteiger partial charge in [0.05, 0.1) is 18.1 Å². The summed E-state index contributed by atoms with van der Waals surface area (Å²) < 4.78 is 12.8. The SMILES string of the molecule is CCCCN1C/C=C\CCC(=O)N(C)[C@H](C)[C@@H](c2ccccc2)OC(=O)[C@@H]2[C@@H]3C=C[C@]4(O3)[C@H](C1=O)N(CCCCCCO)C(=O)[C@@H]24. The molecule has 1 aromatic rings. The number of likely N-dealkylation sites (N-methyl/N-ethyl adjacent to an activating group) is 1. The smallest absolute Gasteiger partial charge is 0.313 e. The first-order valence-corrected chi connectivity index (χ1v) is 17.0. The summed E-state index contributed by atoms with van der Waals surface area (Å²) in [6.45, 7) is 5.28. The van der Waals surface area contributed by atoms with Crippen molar-refractivity contribution < 1.29 is 33.8 Å². The average Bonchev–Trinajstić information content (AvgIpc) is 3.71. The third kappa shape index (κ3) is 6.51. The summed E-state index contributed by atoms with van der Waals surface area (Å²) >= 11 is 0. The molecule has 4 aliphatic rings. The zero-order valence-electron chi connectivity index (χ0n) is 27.4. The Morgan fingerprint density at radius 3 is 2.46 bits per heavy atom. The van der Waals surface area contributed by atoms with E-state index in [1.807, 2.05) is 61.6 Å². The maximum absolute atomic E-state index is 14.5. The Morgan fingerprint density at radius 1 is 0.957 bits per heavy atom. The second-order valence-corrected chi connectivity index (χ2v) is 13.0. The zero-order valence-corrected chi connectivity index (χ0v) is 27.4. The Morgan fingerprint density at radius 2 is 1.72 bits per heavy atom. The second kappa shape index (κ2) is 14.9. The van der Waals surface area contributed by atoms with Crippen molar-refractivity contribution in [1.29, 1.82) is 0 Å². The molecule has 0 radical (unpaired) electrons. The van der Waals surface area contributed by atoms with Crippen molar-refractivity contribution in [2.24, 2.45) is 11.8 Å². The maximum Gasteiger partial charge on any atom is 0.313 e. The number of likely N-dealkylation sites (tertiary alicyclic amines) is 1. The first kappa shape index (κ1) is 33.9. The molecule has 1 aromatic carbocycles. The van der Waals surface area contributed by atoms with Crippen LogP contribution >= 0.6 is 0 Å². The van der Waals surface area contributed by atoms with Gasteiger partial charge in [0.1, 0.15) is 23.7 Å². The van der Waals surface area contributed by atoms with Crippen molar-refractivity contribution in [3.8, 4) is 0 Å². The third-order valence-corrected chi connectivity index (χ3v) is 10.1. The lowest BCUT2D eigenvalue weighted by molar-refractivity contribution is -0.164. The summed E-state index contributed by atoms with van der Waals surface area (Å²) in [5, 5.41) is 9.22. The minimum atomic E-state index is -1.27. The van der Waals surface area contributed by atoms with Gasteiger partial charge in [0.25, 0.3) is 0 Å². The molecule has 10 heteroatoms. The standard InChI is InChI=1S/C36H49N3O7/c1-4-5-21-38-22-13-9-12-18-28(41)37(3)25(2)31(26-16-10-8-11-17-26)45-35(44)29-27-19-20-36(46-27)30(29)33(42)39(32(36)34(38)43)23-14-6-7-15-24-40/h8-11,13,16-17,19-20,25,27,29-32,40H,4-7,12,14-15,18,21-24H2,1-3H3/b13-9-/t25-,27+,29-,30-,31+,32+,36-/m1/s1. The number of hydrogen-bond acceptors (Lipinski definition) is 7. The number of rotatable bonds is 10. The van der Waals surface area contributed by atoms with Gasteiger partial charge >= 0.3 is 5.97 Å². The number of fused-ring (bicyclic) bond motifs is 2. The molecule has 46 heavy (non-hydrogen) atoms. The molecule has 2 saturated heterocycles. The average molecular weight is 636 g/mol. The number of unbranched alkanes of at least 4 members (excludes halogenated alkanes) is 4. The number of aliphatic hydroxyl groups is 1. The van der Waals surface area contributed by atoms with Gasteiger partial charge < -0.3 is 29.3 Å². The molecule has 7 atom stereocenters. The molecule has 10 nitrogen and oxygen atoms in total. The molecule has 1 N–H and O–H groups in total. The molecule has 5 rings (SSSR count). The fourth-order valence-electron chi connectivity index (χ4n) is 7.44. The Bertz CT molecular complexity index is 1320. The van der Waals surface area contributed by atoms with Crippen molar-refractivity contribution in [1.82, 2.24) is 14.7 Å². The van der Waals surface area contributed by atoms with Crippen LogP contribution in [0, 0.1) is 11.8 Å². The van der Waals surface area contributed by atoms with Gasteiger partial charge in [0.15, 0.2) is 0 Å². The molecule has 2 fully saturated rings. The Hall–Kier alpha value is -3.50. The molecule has 0 unspecified atom stereocenters. The summed E-state index contributed by atoms with van der Waals surface area (Å²) in [5.41, 5.74) is -0.520. The van der Waals surface area contributed by atoms with Gasteiger partial charge in [0, 0.05) is 39.7 Å². The molecule has 3 amide bonds. The second-order valence-electron chi connectivity index (χ2n) is 13.0. The van der Waals surface area contributed by atoms with Gasteiger partial charge in [-0.3, -0.25) is 19.2 Å². The van der Waals surface area contributed by atoms with Crippen LogP contribution in [0.3, 0.4) is 0 Å². The van der Waals surface area contributed by atoms with Crippen LogP contribution in [0.1, 0.15) is 76.9 Å². The number of allylic oxidation sites excluding steroid dienone is 1. The quantitative estimate of drug-likeness (QED) is 0.236. The van der Waals surface area contributed by atoms with E-state index in [4.69, 9.17) is 9.47 Å². The monoisotopic (exact) mass is 635 g/mol. The van der Waals surface area contributed by atoms with Gasteiger partial charge in [-0.05, 0) is 38.2 Å². The van der Waals surface area contributed by atoms with E-state index in [1.54, 1.807) is 21.7 Å². The fourth-order valence-corrected chi connectivity index (χ4v) is 7.44. The first-order valence-electron chi connectivity index (χ1n) is 17.0. The summed E-state index contributed by atoms with van der Waals surface area (Å²) in [7, 11) is 1.72. The van der Waals surface area contributed by atoms with Crippen molar-refractivity contribution in [3.05, 3.63) is 60.2 Å². The molecular weight excluding hydrogens is 586 g/mol. The van der Waals surface area contributed by atoms with Crippen molar-refractivity contribution in [2.45, 2.75) is 95.1 Å². The van der Waals surface area contributed by atoms with Crippen molar-refractivity contribution >= 4 is 23.7 Å². The van der Waals surface area contributed by atoms with Crippen LogP contribution < -0.4 is 0 Å². The van der Waals surface area contributed by atoms with E-state index in [-0.39, 0.29) is 30.7 Å². The van der Waals surface area contributed by atoms with E-state index in [0.29, 0.717) is 38.9 Å². The Labute approximate surface area is 272 Å². The number of hydrogen-bond donors (Lipinski definition) is 1. The minimum absolute atomic E-state index is 0.0774. The van der Waals surface area contributed by atoms with Crippen LogP contribution in [0.2, 0.25) is 0 Å². The van der Waals surface area contributed by atoms with Crippen LogP contribution in [0.15, 0.2) is 54.6 Å². The highest BCUT2D eigenvalue weighted by Crippen LogP contribution is 2.56. The van der Waals surface area contributed by atoms with Gasteiger partial charge in [0.2, 0.25) is 17.7 Å². The van der Waals surface area contributed by atoms with E-state index in [0.717, 1.165) is 31.2 Å². The zero-order chi connectivity index (χ0) is 32.8. The molecule has 0 saturated carbocycles. The number of aliphatic hydroxyl groups excluding tert-OH is 1. The molecule has 4 aliphatic heterocycles. The van der Waals surface area contributed by atoms with Crippen LogP contribution in [-0.2, 0) is 28.7 Å². The van der Waals surface area contributed by atoms with Crippen LogP contribution in [0.5, 0.6) is 0 Å². The molecular formula is C36H49N3O7. The topological polar surface area (TPSA) is 117 Å². The van der Waals surface area contributed by atoms with Crippen molar-refractivity contribution in [3.63, 3.8) is 0 Å². The number of ether oxygens (including phenoxy) is 2. The molecule has 1 spiro atoms. The van der Waals surface area contributed by atoms with E-state index in [1.165, 1.54) is 0 Å². The number of cyclic esters (lactones) is 1. The predicted octanol–water partition coefficient (Wildman–Crippen LogP) is 3.80. The Kier molecular flexibility index (Phi) is 11.0. The van der Waals surface area contributed by atoms with Gasteiger partial charge in [-0.15, -0.1) is 0 Å². The lowest BCUT2D eigenvalue weighted by Crippen LogP contribution is -2.56. The number of nitrogens with zero attached hydrogens (tertiary/aromatic N) is 3. The van der Waals surface area contributed by atoms with Gasteiger partial charge in [-0.2, -0.15) is 0 Å². The minimum Gasteiger partial charge on any atom is -0.455 e. The summed E-state index contributed by atoms with van der Waals surface area (Å²) in [4.78, 5) is 61.5. The first-order chi connectivity index (χ1) is 22.2. The highest BCUT2D eigenvalue weighted by molar-refractivity contribution is 5.99. The summed E-state index contributed by atoms with van der Waals surface area (Å²) in [5.74, 6) is -2.93. The molecule has 0 aliphatic carbocycles. The number of amides is 3. The lowest BCUT2D eigenvalue weighted by atomic mass is 9.74. The molecule has 5 bridgehead atoms. The molecule has 4 heterocycles. The lowest BCUT2D eigenvalue weighted by Gasteiger charge is -2.36. The van der Waals surface area contributed by atoms with Crippen LogP contribution in [-0.4, -0.2) is 101 Å². The normalized spacial score (nSPS) is 32.3. The number of benzene rings is 1. The van der Waals surface area contributed by atoms with E-state index >= 15 is 0 Å². The largest absolute Gasteiger partial charge is 0.455 e. The predicted molar refractivity (Wildman–Crippen MR) is 172 cm³/mol. The summed E-state index contributed by atoms with van der Waals surface area (Å²) in [6, 6.07) is 7.97. The van der Waals surface area contributed by atoms with Crippen molar-refractivity contribution in [2.75, 3.05) is 33.3 Å². The molecule has 0 aromatic heterocycles. The number of carbonyl (C=O) groups excluding carboxylic acids is 4. The number of esters is 1. The third-order valence-electron chi connectivity index (χ3n) is 10.1. The highest BCUT2D eigenvalue weighted by atomic mass is 16.6. The Balaban J connectivity index is 1.54. The van der Waals surface area contributed by atoms with Crippen LogP contribution in [0.25, 0.3) is 0 Å². The fraction of sp³-hybridized carbons (Fsp3) is 0.611. The summed E-state index contributed by atoms with van der Waals surface area (Å²) in [6.07, 6.45) is 11.5. The maximum atomic E-state index is 14.5. The van der Waals surface area contributed by atoms with Gasteiger partial charge in [-0.1, -0.05) is 80.8 Å².